The first-order chi connectivity index (χ1) is 10.4. The minimum Gasteiger partial charge on any atom is -0.480 e. The molecule has 0 unspecified atom stereocenters. The number of hydrogen-bond donors (Lipinski definition) is 2. The van der Waals surface area contributed by atoms with E-state index in [4.69, 9.17) is 9.84 Å². The SMILES string of the molecule is COCCN(CC(=O)O)C(=O)CNC(=O)c1cccc(Br)c1. The molecule has 2 amide bonds. The van der Waals surface area contributed by atoms with Crippen LogP contribution in [-0.2, 0) is 14.3 Å². The number of carbonyl (C=O) groups excluding carboxylic acids is 2. The van der Waals surface area contributed by atoms with Crippen LogP contribution in [0.2, 0.25) is 0 Å². The summed E-state index contributed by atoms with van der Waals surface area (Å²) in [6.07, 6.45) is 0. The minimum absolute atomic E-state index is 0.147. The highest BCUT2D eigenvalue weighted by Gasteiger charge is 2.17. The maximum absolute atomic E-state index is 12.0. The van der Waals surface area contributed by atoms with Crippen molar-refractivity contribution in [1.29, 1.82) is 0 Å². The molecule has 1 rings (SSSR count). The number of carboxylic acid groups (broad SMARTS) is 1. The van der Waals surface area contributed by atoms with Crippen LogP contribution in [-0.4, -0.2) is 61.1 Å². The Hall–Kier alpha value is -1.93. The second-order valence-electron chi connectivity index (χ2n) is 4.39. The molecule has 0 radical (unpaired) electrons. The molecule has 0 aromatic heterocycles. The van der Waals surface area contributed by atoms with Gasteiger partial charge >= 0.3 is 5.97 Å². The number of benzene rings is 1. The van der Waals surface area contributed by atoms with Crippen molar-refractivity contribution >= 4 is 33.7 Å². The van der Waals surface area contributed by atoms with Crippen LogP contribution < -0.4 is 5.32 Å². The van der Waals surface area contributed by atoms with E-state index >= 15 is 0 Å². The predicted molar refractivity (Wildman–Crippen MR) is 82.6 cm³/mol. The van der Waals surface area contributed by atoms with Crippen LogP contribution in [0.3, 0.4) is 0 Å². The fourth-order valence-electron chi connectivity index (χ4n) is 1.66. The Morgan fingerprint density at radius 1 is 1.36 bits per heavy atom. The van der Waals surface area contributed by atoms with Crippen molar-refractivity contribution in [3.8, 4) is 0 Å². The summed E-state index contributed by atoms with van der Waals surface area (Å²) in [5, 5.41) is 11.3. The van der Waals surface area contributed by atoms with Gasteiger partial charge in [-0.3, -0.25) is 14.4 Å². The van der Waals surface area contributed by atoms with Gasteiger partial charge in [0.1, 0.15) is 6.54 Å². The molecular formula is C14H17BrN2O5. The number of carboxylic acids is 1. The normalized spacial score (nSPS) is 10.1. The molecule has 0 saturated heterocycles. The number of aliphatic carboxylic acids is 1. The molecule has 1 aromatic rings. The van der Waals surface area contributed by atoms with Gasteiger partial charge in [-0.25, -0.2) is 0 Å². The van der Waals surface area contributed by atoms with Crippen LogP contribution >= 0.6 is 15.9 Å². The number of amides is 2. The zero-order chi connectivity index (χ0) is 16.5. The molecule has 2 N–H and O–H groups in total. The van der Waals surface area contributed by atoms with Gasteiger partial charge in [-0.05, 0) is 18.2 Å². The average Bonchev–Trinajstić information content (AvgIpc) is 2.48. The number of methoxy groups -OCH3 is 1. The summed E-state index contributed by atoms with van der Waals surface area (Å²) >= 11 is 3.25. The first-order valence-electron chi connectivity index (χ1n) is 6.46. The molecular weight excluding hydrogens is 356 g/mol. The smallest absolute Gasteiger partial charge is 0.323 e. The summed E-state index contributed by atoms with van der Waals surface area (Å²) in [7, 11) is 1.46. The molecule has 22 heavy (non-hydrogen) atoms. The van der Waals surface area contributed by atoms with Crippen molar-refractivity contribution in [2.45, 2.75) is 0 Å². The van der Waals surface area contributed by atoms with Crippen molar-refractivity contribution in [2.75, 3.05) is 33.4 Å². The molecule has 0 bridgehead atoms. The maximum atomic E-state index is 12.0. The highest BCUT2D eigenvalue weighted by atomic mass is 79.9. The van der Waals surface area contributed by atoms with Crippen LogP contribution in [0.4, 0.5) is 0 Å². The Morgan fingerprint density at radius 3 is 2.68 bits per heavy atom. The quantitative estimate of drug-likeness (QED) is 0.701. The summed E-state index contributed by atoms with van der Waals surface area (Å²) < 4.78 is 5.58. The topological polar surface area (TPSA) is 95.9 Å². The van der Waals surface area contributed by atoms with Gasteiger partial charge in [-0.15, -0.1) is 0 Å². The molecule has 0 aliphatic rings. The molecule has 0 fully saturated rings. The van der Waals surface area contributed by atoms with Crippen LogP contribution in [0.15, 0.2) is 28.7 Å². The Balaban J connectivity index is 2.58. The average molecular weight is 373 g/mol. The monoisotopic (exact) mass is 372 g/mol. The molecule has 0 atom stereocenters. The van der Waals surface area contributed by atoms with E-state index in [-0.39, 0.29) is 19.7 Å². The van der Waals surface area contributed by atoms with Crippen molar-refractivity contribution in [3.05, 3.63) is 34.3 Å². The summed E-state index contributed by atoms with van der Waals surface area (Å²) in [5.41, 5.74) is 0.406. The molecule has 0 saturated carbocycles. The number of hydrogen-bond acceptors (Lipinski definition) is 4. The lowest BCUT2D eigenvalue weighted by atomic mass is 10.2. The second-order valence-corrected chi connectivity index (χ2v) is 5.31. The third kappa shape index (κ3) is 6.23. The van der Waals surface area contributed by atoms with Crippen molar-refractivity contribution < 1.29 is 24.2 Å². The first-order valence-corrected chi connectivity index (χ1v) is 7.25. The zero-order valence-corrected chi connectivity index (χ0v) is 13.6. The molecule has 0 spiro atoms. The molecule has 7 nitrogen and oxygen atoms in total. The van der Waals surface area contributed by atoms with E-state index < -0.39 is 24.3 Å². The molecule has 120 valence electrons. The van der Waals surface area contributed by atoms with Gasteiger partial charge in [0.05, 0.1) is 13.2 Å². The Labute approximate surface area is 136 Å². The van der Waals surface area contributed by atoms with E-state index in [1.807, 2.05) is 0 Å². The van der Waals surface area contributed by atoms with Crippen LogP contribution in [0.5, 0.6) is 0 Å². The largest absolute Gasteiger partial charge is 0.480 e. The Bertz CT molecular complexity index is 550. The summed E-state index contributed by atoms with van der Waals surface area (Å²) in [5.74, 6) is -2.01. The lowest BCUT2D eigenvalue weighted by molar-refractivity contribution is -0.144. The van der Waals surface area contributed by atoms with Gasteiger partial charge < -0.3 is 20.1 Å². The van der Waals surface area contributed by atoms with Crippen molar-refractivity contribution in [2.24, 2.45) is 0 Å². The lowest BCUT2D eigenvalue weighted by Crippen LogP contribution is -2.44. The predicted octanol–water partition coefficient (Wildman–Crippen LogP) is 0.738. The maximum Gasteiger partial charge on any atom is 0.323 e. The second kappa shape index (κ2) is 9.16. The third-order valence-electron chi connectivity index (χ3n) is 2.73. The molecule has 8 heteroatoms. The number of nitrogens with one attached hydrogen (secondary N) is 1. The van der Waals surface area contributed by atoms with E-state index in [1.54, 1.807) is 24.3 Å². The molecule has 0 aliphatic heterocycles. The summed E-state index contributed by atoms with van der Waals surface area (Å²) in [4.78, 5) is 35.8. The van der Waals surface area contributed by atoms with Crippen LogP contribution in [0.25, 0.3) is 0 Å². The summed E-state index contributed by atoms with van der Waals surface area (Å²) in [6, 6.07) is 6.72. The highest BCUT2D eigenvalue weighted by Crippen LogP contribution is 2.11. The van der Waals surface area contributed by atoms with Crippen LogP contribution in [0, 0.1) is 0 Å². The third-order valence-corrected chi connectivity index (χ3v) is 3.22. The van der Waals surface area contributed by atoms with Gasteiger partial charge in [0, 0.05) is 23.7 Å². The van der Waals surface area contributed by atoms with Crippen molar-refractivity contribution in [3.63, 3.8) is 0 Å². The van der Waals surface area contributed by atoms with Gasteiger partial charge in [0.15, 0.2) is 0 Å². The number of carbonyl (C=O) groups is 3. The lowest BCUT2D eigenvalue weighted by Gasteiger charge is -2.20. The minimum atomic E-state index is -1.12. The number of rotatable bonds is 8. The van der Waals surface area contributed by atoms with Crippen molar-refractivity contribution in [1.82, 2.24) is 10.2 Å². The van der Waals surface area contributed by atoms with E-state index in [2.05, 4.69) is 21.2 Å². The summed E-state index contributed by atoms with van der Waals surface area (Å²) in [6.45, 7) is -0.343. The van der Waals surface area contributed by atoms with Crippen LogP contribution in [0.1, 0.15) is 10.4 Å². The zero-order valence-electron chi connectivity index (χ0n) is 12.0. The number of nitrogens with zero attached hydrogens (tertiary/aromatic N) is 1. The van der Waals surface area contributed by atoms with E-state index in [0.29, 0.717) is 5.56 Å². The Morgan fingerprint density at radius 2 is 2.09 bits per heavy atom. The van der Waals surface area contributed by atoms with E-state index in [0.717, 1.165) is 9.37 Å². The first kappa shape index (κ1) is 18.1. The van der Waals surface area contributed by atoms with E-state index in [9.17, 15) is 14.4 Å². The molecule has 0 heterocycles. The van der Waals surface area contributed by atoms with E-state index in [1.165, 1.54) is 7.11 Å². The highest BCUT2D eigenvalue weighted by molar-refractivity contribution is 9.10. The number of halogens is 1. The fourth-order valence-corrected chi connectivity index (χ4v) is 2.06. The standard InChI is InChI=1S/C14H17BrN2O5/c1-22-6-5-17(9-13(19)20)12(18)8-16-14(21)10-3-2-4-11(15)7-10/h2-4,7H,5-6,8-9H2,1H3,(H,16,21)(H,19,20). The van der Waals surface area contributed by atoms with Gasteiger partial charge in [0.2, 0.25) is 5.91 Å². The fraction of sp³-hybridized carbons (Fsp3) is 0.357. The molecule has 0 aliphatic carbocycles. The van der Waals surface area contributed by atoms with Gasteiger partial charge in [0.25, 0.3) is 5.91 Å². The van der Waals surface area contributed by atoms with Gasteiger partial charge in [-0.2, -0.15) is 0 Å². The Kier molecular flexibility index (Phi) is 7.55. The number of ether oxygens (including phenoxy) is 1. The van der Waals surface area contributed by atoms with Gasteiger partial charge in [-0.1, -0.05) is 22.0 Å². The molecule has 1 aromatic carbocycles.